The molecule has 0 fully saturated rings. The van der Waals surface area contributed by atoms with Crippen LogP contribution in [0.2, 0.25) is 0 Å². The van der Waals surface area contributed by atoms with Gasteiger partial charge < -0.3 is 10.2 Å². The van der Waals surface area contributed by atoms with Crippen molar-refractivity contribution in [2.45, 2.75) is 25.8 Å². The number of carbonyl (C=O) groups is 2. The van der Waals surface area contributed by atoms with Crippen LogP contribution >= 0.6 is 0 Å². The molecule has 0 spiro atoms. The Morgan fingerprint density at radius 1 is 1.14 bits per heavy atom. The molecule has 0 radical (unpaired) electrons. The van der Waals surface area contributed by atoms with Crippen molar-refractivity contribution in [2.24, 2.45) is 0 Å². The zero-order valence-electron chi connectivity index (χ0n) is 11.8. The first kappa shape index (κ1) is 14.8. The number of hydrogen-bond acceptors (Lipinski definition) is 3. The Morgan fingerprint density at radius 3 is 2.14 bits per heavy atom. The molecule has 0 saturated carbocycles. The van der Waals surface area contributed by atoms with Crippen LogP contribution in [-0.4, -0.2) is 31.9 Å². The minimum atomic E-state index is -2.15. The van der Waals surface area contributed by atoms with Gasteiger partial charge in [-0.1, -0.05) is 30.3 Å². The summed E-state index contributed by atoms with van der Waals surface area (Å²) in [6.07, 6.45) is -0.180. The number of benzene rings is 1. The number of nitrogens with zero attached hydrogens (tertiary/aromatic N) is 2. The van der Waals surface area contributed by atoms with Crippen molar-refractivity contribution in [1.82, 2.24) is 9.78 Å². The van der Waals surface area contributed by atoms with Crippen LogP contribution in [0.1, 0.15) is 17.0 Å². The summed E-state index contributed by atoms with van der Waals surface area (Å²) in [5.74, 6) is -2.88. The lowest BCUT2D eigenvalue weighted by atomic mass is 9.90. The highest BCUT2D eigenvalue weighted by atomic mass is 16.4. The summed E-state index contributed by atoms with van der Waals surface area (Å²) < 4.78 is 1.08. The number of carboxylic acids is 2. The Hall–Kier alpha value is -2.63. The lowest BCUT2D eigenvalue weighted by Crippen LogP contribution is -2.52. The summed E-state index contributed by atoms with van der Waals surface area (Å²) in [5, 5.41) is 23.3. The van der Waals surface area contributed by atoms with Crippen LogP contribution in [0.15, 0.2) is 36.4 Å². The molecule has 110 valence electrons. The Morgan fingerprint density at radius 2 is 1.71 bits per heavy atom. The van der Waals surface area contributed by atoms with Crippen molar-refractivity contribution in [1.29, 1.82) is 0 Å². The van der Waals surface area contributed by atoms with Crippen LogP contribution in [0, 0.1) is 13.8 Å². The topological polar surface area (TPSA) is 92.4 Å². The zero-order chi connectivity index (χ0) is 15.6. The van der Waals surface area contributed by atoms with Gasteiger partial charge in [0.15, 0.2) is 0 Å². The van der Waals surface area contributed by atoms with Crippen molar-refractivity contribution in [2.75, 3.05) is 0 Å². The number of aryl methyl sites for hydroxylation is 2. The minimum Gasteiger partial charge on any atom is -0.479 e. The van der Waals surface area contributed by atoms with Crippen molar-refractivity contribution < 1.29 is 19.8 Å². The highest BCUT2D eigenvalue weighted by molar-refractivity contribution is 6.01. The second-order valence-corrected chi connectivity index (χ2v) is 4.97. The van der Waals surface area contributed by atoms with Gasteiger partial charge >= 0.3 is 11.9 Å². The van der Waals surface area contributed by atoms with Gasteiger partial charge in [-0.15, -0.1) is 0 Å². The summed E-state index contributed by atoms with van der Waals surface area (Å²) in [6, 6.07) is 10.3. The van der Waals surface area contributed by atoms with E-state index >= 15 is 0 Å². The molecule has 6 heteroatoms. The van der Waals surface area contributed by atoms with Gasteiger partial charge in [0, 0.05) is 12.1 Å². The van der Waals surface area contributed by atoms with Gasteiger partial charge in [0.2, 0.25) is 0 Å². The second kappa shape index (κ2) is 5.40. The number of hydrogen-bond donors (Lipinski definition) is 2. The fraction of sp³-hybridized carbons (Fsp3) is 0.267. The SMILES string of the molecule is Cc1cc(C)n(C(Cc2ccccc2)(C(=O)O)C(=O)O)n1. The number of rotatable bonds is 5. The first-order valence-corrected chi connectivity index (χ1v) is 6.42. The molecular formula is C15H16N2O4. The Balaban J connectivity index is 2.62. The van der Waals surface area contributed by atoms with E-state index in [2.05, 4.69) is 5.10 Å². The van der Waals surface area contributed by atoms with Crippen LogP contribution in [-0.2, 0) is 21.5 Å². The standard InChI is InChI=1S/C15H16N2O4/c1-10-8-11(2)17(16-10)15(13(18)19,14(20)21)9-12-6-4-3-5-7-12/h3-8H,9H2,1-2H3,(H,18,19)(H,20,21). The summed E-state index contributed by atoms with van der Waals surface area (Å²) in [4.78, 5) is 23.6. The van der Waals surface area contributed by atoms with Crippen LogP contribution in [0.4, 0.5) is 0 Å². The van der Waals surface area contributed by atoms with E-state index in [0.717, 1.165) is 4.68 Å². The largest absolute Gasteiger partial charge is 0.479 e. The monoisotopic (exact) mass is 288 g/mol. The smallest absolute Gasteiger partial charge is 0.343 e. The third-order valence-electron chi connectivity index (χ3n) is 3.38. The highest BCUT2D eigenvalue weighted by Gasteiger charge is 2.50. The molecule has 6 nitrogen and oxygen atoms in total. The average Bonchev–Trinajstić information content (AvgIpc) is 2.75. The highest BCUT2D eigenvalue weighted by Crippen LogP contribution is 2.25. The third-order valence-corrected chi connectivity index (χ3v) is 3.38. The minimum absolute atomic E-state index is 0.180. The third kappa shape index (κ3) is 2.52. The predicted octanol–water partition coefficient (Wildman–Crippen LogP) is 1.61. The fourth-order valence-corrected chi connectivity index (χ4v) is 2.41. The van der Waals surface area contributed by atoms with E-state index in [1.807, 2.05) is 0 Å². The molecule has 0 atom stereocenters. The lowest BCUT2D eigenvalue weighted by Gasteiger charge is -2.27. The summed E-state index contributed by atoms with van der Waals surface area (Å²) in [5.41, 5.74) is -0.463. The van der Waals surface area contributed by atoms with Gasteiger partial charge in [0.05, 0.1) is 5.69 Å². The first-order valence-electron chi connectivity index (χ1n) is 6.42. The molecule has 1 heterocycles. The van der Waals surface area contributed by atoms with E-state index in [1.54, 1.807) is 50.2 Å². The van der Waals surface area contributed by atoms with Crippen molar-refractivity contribution in [3.05, 3.63) is 53.3 Å². The number of aliphatic carboxylic acids is 2. The van der Waals surface area contributed by atoms with Gasteiger partial charge in [-0.2, -0.15) is 5.10 Å². The molecule has 0 amide bonds. The Bertz CT molecular complexity index is 662. The van der Waals surface area contributed by atoms with E-state index in [-0.39, 0.29) is 6.42 Å². The maximum atomic E-state index is 11.8. The first-order chi connectivity index (χ1) is 9.87. The van der Waals surface area contributed by atoms with Crippen molar-refractivity contribution in [3.63, 3.8) is 0 Å². The van der Waals surface area contributed by atoms with Gasteiger partial charge in [0.25, 0.3) is 5.54 Å². The molecule has 2 N–H and O–H groups in total. The molecule has 0 unspecified atom stereocenters. The number of carboxylic acid groups (broad SMARTS) is 2. The molecule has 21 heavy (non-hydrogen) atoms. The molecular weight excluding hydrogens is 272 g/mol. The Labute approximate surface area is 121 Å². The quantitative estimate of drug-likeness (QED) is 0.815. The molecule has 0 aliphatic rings. The molecule has 0 bridgehead atoms. The lowest BCUT2D eigenvalue weighted by molar-refractivity contribution is -0.163. The van der Waals surface area contributed by atoms with Crippen LogP contribution in [0.3, 0.4) is 0 Å². The summed E-state index contributed by atoms with van der Waals surface area (Å²) in [6.45, 7) is 3.34. The normalized spacial score (nSPS) is 11.3. The van der Waals surface area contributed by atoms with Crippen molar-refractivity contribution in [3.8, 4) is 0 Å². The zero-order valence-corrected chi connectivity index (χ0v) is 11.8. The van der Waals surface area contributed by atoms with E-state index in [9.17, 15) is 19.8 Å². The van der Waals surface area contributed by atoms with Crippen molar-refractivity contribution >= 4 is 11.9 Å². The molecule has 1 aromatic heterocycles. The van der Waals surface area contributed by atoms with E-state index in [1.165, 1.54) is 0 Å². The maximum Gasteiger partial charge on any atom is 0.343 e. The average molecular weight is 288 g/mol. The van der Waals surface area contributed by atoms with Crippen LogP contribution in [0.5, 0.6) is 0 Å². The van der Waals surface area contributed by atoms with Crippen LogP contribution in [0.25, 0.3) is 0 Å². The molecule has 2 aromatic rings. The summed E-state index contributed by atoms with van der Waals surface area (Å²) >= 11 is 0. The van der Waals surface area contributed by atoms with E-state index < -0.39 is 17.5 Å². The van der Waals surface area contributed by atoms with Crippen LogP contribution < -0.4 is 0 Å². The molecule has 0 aliphatic heterocycles. The molecule has 0 saturated heterocycles. The fourth-order valence-electron chi connectivity index (χ4n) is 2.41. The molecule has 1 aromatic carbocycles. The van der Waals surface area contributed by atoms with Gasteiger partial charge in [0.1, 0.15) is 0 Å². The van der Waals surface area contributed by atoms with E-state index in [0.29, 0.717) is 17.0 Å². The van der Waals surface area contributed by atoms with E-state index in [4.69, 9.17) is 0 Å². The Kier molecular flexibility index (Phi) is 3.80. The van der Waals surface area contributed by atoms with Gasteiger partial charge in [-0.05, 0) is 25.5 Å². The molecule has 0 aliphatic carbocycles. The molecule has 2 rings (SSSR count). The number of aromatic nitrogens is 2. The van der Waals surface area contributed by atoms with Gasteiger partial charge in [-0.25, -0.2) is 14.3 Å². The second-order valence-electron chi connectivity index (χ2n) is 4.97. The maximum absolute atomic E-state index is 11.8. The van der Waals surface area contributed by atoms with Gasteiger partial charge in [-0.3, -0.25) is 0 Å². The predicted molar refractivity (Wildman–Crippen MR) is 75.1 cm³/mol. The summed E-state index contributed by atoms with van der Waals surface area (Å²) in [7, 11) is 0.